The van der Waals surface area contributed by atoms with Crippen molar-refractivity contribution in [1.82, 2.24) is 4.98 Å². The Kier molecular flexibility index (Phi) is 5.96. The Labute approximate surface area is 148 Å². The molecular weight excluding hydrogens is 373 g/mol. The molecule has 1 aromatic carbocycles. The summed E-state index contributed by atoms with van der Waals surface area (Å²) in [5.74, 6) is -0.497. The van der Waals surface area contributed by atoms with Gasteiger partial charge in [0.25, 0.3) is 0 Å². The van der Waals surface area contributed by atoms with Gasteiger partial charge in [0.2, 0.25) is 0 Å². The van der Waals surface area contributed by atoms with Crippen molar-refractivity contribution in [2.45, 2.75) is 25.3 Å². The van der Waals surface area contributed by atoms with E-state index in [-0.39, 0.29) is 12.4 Å². The fourth-order valence-corrected chi connectivity index (χ4v) is 2.55. The molecule has 0 atom stereocenters. The summed E-state index contributed by atoms with van der Waals surface area (Å²) in [6.07, 6.45) is 3.14. The Bertz CT molecular complexity index is 853. The largest absolute Gasteiger partial charge is 0.516 e. The summed E-state index contributed by atoms with van der Waals surface area (Å²) < 4.78 is 65.8. The van der Waals surface area contributed by atoms with Crippen molar-refractivity contribution >= 4 is 15.7 Å². The van der Waals surface area contributed by atoms with Gasteiger partial charge < -0.3 is 9.84 Å². The first-order valence-corrected chi connectivity index (χ1v) is 9.09. The number of aryl methyl sites for hydroxylation is 1. The predicted octanol–water partition coefficient (Wildman–Crippen LogP) is 3.23. The van der Waals surface area contributed by atoms with Gasteiger partial charge in [0.15, 0.2) is 0 Å². The number of rotatable bonds is 7. The number of benzene rings is 1. The second-order valence-corrected chi connectivity index (χ2v) is 7.01. The standard InChI is InChI=1S/C16H17F3N2O4S/c1-2-11-3-4-12(20-10-11)7-8-25-13-5-6-14(15(22)9-13)21-26(23,24)16(17,18)19/h3-6,9-10,21-22H,2,7-8H2,1H3. The number of ether oxygens (including phenoxy) is 1. The molecule has 0 spiro atoms. The van der Waals surface area contributed by atoms with Crippen LogP contribution in [0.4, 0.5) is 18.9 Å². The highest BCUT2D eigenvalue weighted by atomic mass is 32.2. The van der Waals surface area contributed by atoms with Gasteiger partial charge in [-0.3, -0.25) is 9.71 Å². The monoisotopic (exact) mass is 390 g/mol. The van der Waals surface area contributed by atoms with Crippen LogP contribution in [0.5, 0.6) is 11.5 Å². The Hall–Kier alpha value is -2.49. The predicted molar refractivity (Wildman–Crippen MR) is 89.5 cm³/mol. The third-order valence-corrected chi connectivity index (χ3v) is 4.54. The number of anilines is 1. The normalized spacial score (nSPS) is 12.0. The summed E-state index contributed by atoms with van der Waals surface area (Å²) in [6, 6.07) is 7.09. The van der Waals surface area contributed by atoms with Crippen molar-refractivity contribution in [2.75, 3.05) is 11.3 Å². The minimum atomic E-state index is -5.60. The summed E-state index contributed by atoms with van der Waals surface area (Å²) in [7, 11) is -5.60. The Morgan fingerprint density at radius 3 is 2.50 bits per heavy atom. The van der Waals surface area contributed by atoms with Crippen LogP contribution in [0, 0.1) is 0 Å². The summed E-state index contributed by atoms with van der Waals surface area (Å²) in [4.78, 5) is 4.26. The molecule has 0 aliphatic rings. The fourth-order valence-electron chi connectivity index (χ4n) is 1.98. The van der Waals surface area contributed by atoms with Gasteiger partial charge in [0.05, 0.1) is 12.3 Å². The number of phenolic OH excluding ortho intramolecular Hbond substituents is 1. The van der Waals surface area contributed by atoms with E-state index in [0.717, 1.165) is 29.8 Å². The molecular formula is C16H17F3N2O4S. The zero-order valence-corrected chi connectivity index (χ0v) is 14.6. The smallest absolute Gasteiger partial charge is 0.506 e. The molecule has 142 valence electrons. The quantitative estimate of drug-likeness (QED) is 0.709. The van der Waals surface area contributed by atoms with Gasteiger partial charge in [-0.05, 0) is 30.2 Å². The van der Waals surface area contributed by atoms with Gasteiger partial charge in [-0.2, -0.15) is 21.6 Å². The number of sulfonamides is 1. The Morgan fingerprint density at radius 1 is 1.23 bits per heavy atom. The molecule has 2 N–H and O–H groups in total. The first kappa shape index (κ1) is 19.8. The summed E-state index contributed by atoms with van der Waals surface area (Å²) >= 11 is 0. The maximum Gasteiger partial charge on any atom is 0.516 e. The van der Waals surface area contributed by atoms with Crippen LogP contribution in [0.1, 0.15) is 18.2 Å². The average molecular weight is 390 g/mol. The molecule has 2 aromatic rings. The molecule has 0 saturated heterocycles. The van der Waals surface area contributed by atoms with E-state index in [4.69, 9.17) is 4.74 Å². The zero-order valence-electron chi connectivity index (χ0n) is 13.7. The molecule has 0 aliphatic heterocycles. The lowest BCUT2D eigenvalue weighted by molar-refractivity contribution is -0.0429. The summed E-state index contributed by atoms with van der Waals surface area (Å²) in [5.41, 5.74) is -4.15. The van der Waals surface area contributed by atoms with E-state index in [1.807, 2.05) is 19.1 Å². The number of hydrogen-bond donors (Lipinski definition) is 2. The summed E-state index contributed by atoms with van der Waals surface area (Å²) in [5, 5.41) is 9.71. The lowest BCUT2D eigenvalue weighted by Crippen LogP contribution is -2.29. The lowest BCUT2D eigenvalue weighted by atomic mass is 10.2. The van der Waals surface area contributed by atoms with E-state index in [1.54, 1.807) is 6.20 Å². The lowest BCUT2D eigenvalue weighted by Gasteiger charge is -2.13. The molecule has 0 radical (unpaired) electrons. The molecule has 0 unspecified atom stereocenters. The number of aromatic hydroxyl groups is 1. The van der Waals surface area contributed by atoms with Crippen molar-refractivity contribution in [3.8, 4) is 11.5 Å². The van der Waals surface area contributed by atoms with Gasteiger partial charge in [0, 0.05) is 24.4 Å². The molecule has 1 heterocycles. The molecule has 0 bridgehead atoms. The maximum absolute atomic E-state index is 12.3. The molecule has 6 nitrogen and oxygen atoms in total. The van der Waals surface area contributed by atoms with Gasteiger partial charge in [0.1, 0.15) is 11.5 Å². The van der Waals surface area contributed by atoms with Crippen molar-refractivity contribution in [3.05, 3.63) is 47.8 Å². The first-order chi connectivity index (χ1) is 12.1. The Balaban J connectivity index is 1.96. The van der Waals surface area contributed by atoms with E-state index >= 15 is 0 Å². The topological polar surface area (TPSA) is 88.5 Å². The average Bonchev–Trinajstić information content (AvgIpc) is 2.57. The number of hydrogen-bond acceptors (Lipinski definition) is 5. The van der Waals surface area contributed by atoms with Crippen LogP contribution in [0.25, 0.3) is 0 Å². The number of nitrogens with one attached hydrogen (secondary N) is 1. The molecule has 1 aromatic heterocycles. The van der Waals surface area contributed by atoms with Gasteiger partial charge >= 0.3 is 15.5 Å². The van der Waals surface area contributed by atoms with Gasteiger partial charge in [-0.25, -0.2) is 0 Å². The van der Waals surface area contributed by atoms with E-state index < -0.39 is 27.0 Å². The van der Waals surface area contributed by atoms with E-state index in [0.29, 0.717) is 6.42 Å². The Morgan fingerprint density at radius 2 is 1.96 bits per heavy atom. The van der Waals surface area contributed by atoms with Crippen LogP contribution in [-0.4, -0.2) is 30.6 Å². The molecule has 26 heavy (non-hydrogen) atoms. The van der Waals surface area contributed by atoms with Crippen LogP contribution < -0.4 is 9.46 Å². The van der Waals surface area contributed by atoms with Crippen LogP contribution in [0.15, 0.2) is 36.5 Å². The van der Waals surface area contributed by atoms with E-state index in [1.165, 1.54) is 10.8 Å². The maximum atomic E-state index is 12.3. The van der Waals surface area contributed by atoms with Gasteiger partial charge in [-0.15, -0.1) is 0 Å². The van der Waals surface area contributed by atoms with Crippen molar-refractivity contribution in [3.63, 3.8) is 0 Å². The fraction of sp³-hybridized carbons (Fsp3) is 0.312. The number of phenols is 1. The highest BCUT2D eigenvalue weighted by molar-refractivity contribution is 7.93. The van der Waals surface area contributed by atoms with E-state index in [9.17, 15) is 26.7 Å². The summed E-state index contributed by atoms with van der Waals surface area (Å²) in [6.45, 7) is 2.25. The zero-order chi connectivity index (χ0) is 19.4. The van der Waals surface area contributed by atoms with Crippen LogP contribution >= 0.6 is 0 Å². The molecule has 0 amide bonds. The van der Waals surface area contributed by atoms with Crippen molar-refractivity contribution in [2.24, 2.45) is 0 Å². The number of pyridine rings is 1. The minimum absolute atomic E-state index is 0.183. The third-order valence-electron chi connectivity index (χ3n) is 3.44. The highest BCUT2D eigenvalue weighted by Crippen LogP contribution is 2.32. The highest BCUT2D eigenvalue weighted by Gasteiger charge is 2.46. The third kappa shape index (κ3) is 5.01. The van der Waals surface area contributed by atoms with Crippen molar-refractivity contribution in [1.29, 1.82) is 0 Å². The second-order valence-electron chi connectivity index (χ2n) is 5.34. The minimum Gasteiger partial charge on any atom is -0.506 e. The number of nitrogens with zero attached hydrogens (tertiary/aromatic N) is 1. The van der Waals surface area contributed by atoms with Gasteiger partial charge in [-0.1, -0.05) is 13.0 Å². The SMILES string of the molecule is CCc1ccc(CCOc2ccc(NS(=O)(=O)C(F)(F)F)c(O)c2)nc1. The molecule has 0 fully saturated rings. The second kappa shape index (κ2) is 7.81. The molecule has 10 heteroatoms. The van der Waals surface area contributed by atoms with Crippen molar-refractivity contribution < 1.29 is 31.4 Å². The first-order valence-electron chi connectivity index (χ1n) is 7.61. The molecule has 0 saturated carbocycles. The number of alkyl halides is 3. The number of aromatic nitrogens is 1. The van der Waals surface area contributed by atoms with Crippen LogP contribution in [0.3, 0.4) is 0 Å². The van der Waals surface area contributed by atoms with Crippen LogP contribution in [0.2, 0.25) is 0 Å². The molecule has 2 rings (SSSR count). The van der Waals surface area contributed by atoms with Crippen LogP contribution in [-0.2, 0) is 22.9 Å². The van der Waals surface area contributed by atoms with E-state index in [2.05, 4.69) is 4.98 Å². The number of halogens is 3. The molecule has 0 aliphatic carbocycles.